The summed E-state index contributed by atoms with van der Waals surface area (Å²) in [6.07, 6.45) is 0. The lowest BCUT2D eigenvalue weighted by molar-refractivity contribution is -0.141. The van der Waals surface area contributed by atoms with Crippen LogP contribution in [0.2, 0.25) is 10.0 Å². The van der Waals surface area contributed by atoms with Gasteiger partial charge in [-0.15, -0.1) is 0 Å². The van der Waals surface area contributed by atoms with Gasteiger partial charge in [0.25, 0.3) is 0 Å². The number of hydrogen-bond donors (Lipinski definition) is 1. The summed E-state index contributed by atoms with van der Waals surface area (Å²) in [5.74, 6) is -2.11. The fraction of sp³-hybridized carbons (Fsp3) is 0.417. The van der Waals surface area contributed by atoms with Crippen LogP contribution in [0.3, 0.4) is 0 Å². The predicted octanol–water partition coefficient (Wildman–Crippen LogP) is 2.48. The monoisotopic (exact) mass is 339 g/mol. The molecule has 112 valence electrons. The molecule has 0 fully saturated rings. The summed E-state index contributed by atoms with van der Waals surface area (Å²) in [7, 11) is -2.27. The maximum atomic E-state index is 12.1. The van der Waals surface area contributed by atoms with E-state index in [2.05, 4.69) is 0 Å². The topological polar surface area (TPSA) is 74.7 Å². The van der Waals surface area contributed by atoms with Gasteiger partial charge in [0.2, 0.25) is 10.0 Å². The van der Waals surface area contributed by atoms with Crippen molar-refractivity contribution in [3.8, 4) is 0 Å². The number of nitrogens with zero attached hydrogens (tertiary/aromatic N) is 1. The highest BCUT2D eigenvalue weighted by Crippen LogP contribution is 2.21. The molecule has 5 nitrogen and oxygen atoms in total. The van der Waals surface area contributed by atoms with Crippen LogP contribution in [0, 0.1) is 5.92 Å². The molecule has 0 spiro atoms. The van der Waals surface area contributed by atoms with Crippen molar-refractivity contribution >= 4 is 39.2 Å². The smallest absolute Gasteiger partial charge is 0.307 e. The minimum absolute atomic E-state index is 0.0913. The first-order valence-corrected chi connectivity index (χ1v) is 8.10. The van der Waals surface area contributed by atoms with Crippen LogP contribution in [0.25, 0.3) is 0 Å². The molecule has 0 bridgehead atoms. The Morgan fingerprint density at radius 3 is 2.25 bits per heavy atom. The number of carboxylic acids is 1. The zero-order valence-electron chi connectivity index (χ0n) is 11.0. The third-order valence-corrected chi connectivity index (χ3v) is 4.93. The molecule has 20 heavy (non-hydrogen) atoms. The van der Waals surface area contributed by atoms with Gasteiger partial charge in [0.05, 0.1) is 11.7 Å². The molecule has 1 aromatic carbocycles. The van der Waals surface area contributed by atoms with E-state index in [1.807, 2.05) is 0 Å². The molecule has 1 rings (SSSR count). The number of sulfonamides is 1. The maximum absolute atomic E-state index is 12.1. The highest BCUT2D eigenvalue weighted by atomic mass is 35.5. The van der Waals surface area contributed by atoms with Crippen molar-refractivity contribution in [1.82, 2.24) is 4.31 Å². The lowest BCUT2D eigenvalue weighted by atomic mass is 10.2. The molecule has 0 aromatic heterocycles. The van der Waals surface area contributed by atoms with Gasteiger partial charge in [0.15, 0.2) is 0 Å². The summed E-state index contributed by atoms with van der Waals surface area (Å²) in [5.41, 5.74) is 0.456. The summed E-state index contributed by atoms with van der Waals surface area (Å²) in [4.78, 5) is 10.8. The van der Waals surface area contributed by atoms with Gasteiger partial charge >= 0.3 is 5.97 Å². The van der Waals surface area contributed by atoms with Gasteiger partial charge in [0.1, 0.15) is 0 Å². The second-order valence-electron chi connectivity index (χ2n) is 4.55. The first kappa shape index (κ1) is 17.2. The van der Waals surface area contributed by atoms with Gasteiger partial charge in [-0.3, -0.25) is 4.79 Å². The molecular formula is C12H15Cl2NO4S. The van der Waals surface area contributed by atoms with Gasteiger partial charge in [0, 0.05) is 23.6 Å². The van der Waals surface area contributed by atoms with Gasteiger partial charge in [-0.2, -0.15) is 0 Å². The quantitative estimate of drug-likeness (QED) is 0.863. The molecule has 0 heterocycles. The summed E-state index contributed by atoms with van der Waals surface area (Å²) in [5, 5.41) is 9.51. The molecule has 0 aliphatic heterocycles. The number of halogens is 2. The van der Waals surface area contributed by atoms with Crippen molar-refractivity contribution in [2.24, 2.45) is 5.92 Å². The lowest BCUT2D eigenvalue weighted by Gasteiger charge is -2.19. The van der Waals surface area contributed by atoms with Crippen molar-refractivity contribution in [1.29, 1.82) is 0 Å². The zero-order chi connectivity index (χ0) is 15.5. The Hall–Kier alpha value is -0.820. The zero-order valence-corrected chi connectivity index (χ0v) is 13.3. The van der Waals surface area contributed by atoms with Crippen LogP contribution in [0.4, 0.5) is 0 Å². The molecule has 0 aliphatic carbocycles. The summed E-state index contributed by atoms with van der Waals surface area (Å²) >= 11 is 11.6. The Labute approximate surface area is 128 Å². The molecule has 0 saturated heterocycles. The number of hydrogen-bond acceptors (Lipinski definition) is 3. The van der Waals surface area contributed by atoms with Crippen molar-refractivity contribution in [3.05, 3.63) is 33.8 Å². The lowest BCUT2D eigenvalue weighted by Crippen LogP contribution is -2.34. The Balaban J connectivity index is 2.86. The van der Waals surface area contributed by atoms with E-state index < -0.39 is 21.9 Å². The third-order valence-electron chi connectivity index (χ3n) is 2.70. The third kappa shape index (κ3) is 4.94. The minimum atomic E-state index is -3.62. The highest BCUT2D eigenvalue weighted by Gasteiger charge is 2.23. The van der Waals surface area contributed by atoms with E-state index in [1.165, 1.54) is 32.2 Å². The van der Waals surface area contributed by atoms with Crippen LogP contribution in [0.1, 0.15) is 12.5 Å². The van der Waals surface area contributed by atoms with E-state index in [0.717, 1.165) is 4.31 Å². The van der Waals surface area contributed by atoms with Crippen molar-refractivity contribution in [3.63, 3.8) is 0 Å². The maximum Gasteiger partial charge on any atom is 0.307 e. The van der Waals surface area contributed by atoms with Crippen LogP contribution in [0.15, 0.2) is 18.2 Å². The first-order chi connectivity index (χ1) is 9.11. The normalized spacial score (nSPS) is 13.4. The Kier molecular flexibility index (Phi) is 5.82. The predicted molar refractivity (Wildman–Crippen MR) is 78.5 cm³/mol. The molecule has 1 unspecified atom stereocenters. The van der Waals surface area contributed by atoms with Crippen LogP contribution >= 0.6 is 23.2 Å². The molecular weight excluding hydrogens is 325 g/mol. The first-order valence-electron chi connectivity index (χ1n) is 5.73. The fourth-order valence-electron chi connectivity index (χ4n) is 1.59. The molecule has 1 aromatic rings. The van der Waals surface area contributed by atoms with Crippen LogP contribution in [-0.4, -0.2) is 37.4 Å². The number of benzene rings is 1. The summed E-state index contributed by atoms with van der Waals surface area (Å²) in [6, 6.07) is 4.54. The summed E-state index contributed by atoms with van der Waals surface area (Å²) < 4.78 is 25.3. The van der Waals surface area contributed by atoms with E-state index in [1.54, 1.807) is 0 Å². The van der Waals surface area contributed by atoms with E-state index in [0.29, 0.717) is 15.6 Å². The van der Waals surface area contributed by atoms with E-state index >= 15 is 0 Å². The number of carbonyl (C=O) groups is 1. The van der Waals surface area contributed by atoms with E-state index in [4.69, 9.17) is 28.3 Å². The van der Waals surface area contributed by atoms with Crippen molar-refractivity contribution in [2.75, 3.05) is 13.6 Å². The molecule has 0 amide bonds. The molecule has 0 aliphatic rings. The Bertz CT molecular complexity index is 583. The molecule has 0 saturated carbocycles. The molecule has 0 radical (unpaired) electrons. The summed E-state index contributed by atoms with van der Waals surface area (Å²) in [6.45, 7) is 1.36. The van der Waals surface area contributed by atoms with Crippen LogP contribution in [-0.2, 0) is 20.6 Å². The van der Waals surface area contributed by atoms with Gasteiger partial charge < -0.3 is 5.11 Å². The van der Waals surface area contributed by atoms with Gasteiger partial charge in [-0.05, 0) is 23.8 Å². The number of aliphatic carboxylic acids is 1. The fourth-order valence-corrected chi connectivity index (χ4v) is 3.42. The standard InChI is InChI=1S/C12H15Cl2NO4S/c1-8(12(16)17)6-15(2)20(18,19)7-9-3-10(13)5-11(14)4-9/h3-5,8H,6-7H2,1-2H3,(H,16,17). The van der Waals surface area contributed by atoms with Crippen molar-refractivity contribution < 1.29 is 18.3 Å². The van der Waals surface area contributed by atoms with Crippen LogP contribution in [0.5, 0.6) is 0 Å². The second-order valence-corrected chi connectivity index (χ2v) is 7.50. The molecule has 8 heteroatoms. The average molecular weight is 340 g/mol. The van der Waals surface area contributed by atoms with Gasteiger partial charge in [-0.1, -0.05) is 30.1 Å². The Morgan fingerprint density at radius 2 is 1.80 bits per heavy atom. The average Bonchev–Trinajstić information content (AvgIpc) is 2.26. The SMILES string of the molecule is CC(CN(C)S(=O)(=O)Cc1cc(Cl)cc(Cl)c1)C(=O)O. The minimum Gasteiger partial charge on any atom is -0.481 e. The van der Waals surface area contributed by atoms with Crippen molar-refractivity contribution in [2.45, 2.75) is 12.7 Å². The van der Waals surface area contributed by atoms with Crippen LogP contribution < -0.4 is 0 Å². The van der Waals surface area contributed by atoms with Gasteiger partial charge in [-0.25, -0.2) is 12.7 Å². The van der Waals surface area contributed by atoms with E-state index in [-0.39, 0.29) is 12.3 Å². The molecule has 1 N–H and O–H groups in total. The highest BCUT2D eigenvalue weighted by molar-refractivity contribution is 7.88. The second kappa shape index (κ2) is 6.76. The largest absolute Gasteiger partial charge is 0.481 e. The Morgan fingerprint density at radius 1 is 1.30 bits per heavy atom. The molecule has 1 atom stereocenters. The number of carboxylic acid groups (broad SMARTS) is 1. The van der Waals surface area contributed by atoms with E-state index in [9.17, 15) is 13.2 Å². The number of rotatable bonds is 6.